The van der Waals surface area contributed by atoms with Crippen LogP contribution in [0.5, 0.6) is 0 Å². The second-order valence-corrected chi connectivity index (χ2v) is 5.65. The molecule has 0 aliphatic heterocycles. The molecule has 0 spiro atoms. The highest BCUT2D eigenvalue weighted by atomic mass is 16.5. The van der Waals surface area contributed by atoms with Crippen LogP contribution in [0.2, 0.25) is 0 Å². The van der Waals surface area contributed by atoms with E-state index in [0.717, 1.165) is 18.7 Å². The van der Waals surface area contributed by atoms with Crippen LogP contribution in [-0.4, -0.2) is 24.2 Å². The van der Waals surface area contributed by atoms with Gasteiger partial charge in [0, 0.05) is 18.2 Å². The number of pyridine rings is 1. The lowest BCUT2D eigenvalue weighted by Crippen LogP contribution is -2.37. The molecule has 0 aliphatic carbocycles. The Bertz CT molecular complexity index is 568. The van der Waals surface area contributed by atoms with Crippen molar-refractivity contribution >= 4 is 10.9 Å². The lowest BCUT2D eigenvalue weighted by molar-refractivity contribution is 0.00320. The fourth-order valence-electron chi connectivity index (χ4n) is 2.79. The third kappa shape index (κ3) is 3.80. The van der Waals surface area contributed by atoms with Crippen LogP contribution in [0.1, 0.15) is 39.3 Å². The van der Waals surface area contributed by atoms with E-state index in [2.05, 4.69) is 62.3 Å². The van der Waals surface area contributed by atoms with Crippen LogP contribution in [0.15, 0.2) is 36.5 Å². The van der Waals surface area contributed by atoms with Crippen LogP contribution in [0, 0.1) is 5.92 Å². The largest absolute Gasteiger partial charge is 0.376 e. The summed E-state index contributed by atoms with van der Waals surface area (Å²) in [4.78, 5) is 4.47. The first kappa shape index (κ1) is 15.9. The third-order valence-corrected chi connectivity index (χ3v) is 3.76. The van der Waals surface area contributed by atoms with Crippen molar-refractivity contribution in [2.24, 2.45) is 5.92 Å². The van der Waals surface area contributed by atoms with Gasteiger partial charge in [-0.2, -0.15) is 0 Å². The molecule has 0 saturated carbocycles. The highest BCUT2D eigenvalue weighted by molar-refractivity contribution is 5.79. The third-order valence-electron chi connectivity index (χ3n) is 3.76. The smallest absolute Gasteiger partial charge is 0.0792 e. The number of ether oxygens (including phenoxy) is 1. The average molecular weight is 286 g/mol. The fourth-order valence-corrected chi connectivity index (χ4v) is 2.79. The highest BCUT2D eigenvalue weighted by Crippen LogP contribution is 2.27. The van der Waals surface area contributed by atoms with E-state index in [1.165, 1.54) is 10.9 Å². The molecule has 0 saturated heterocycles. The molecule has 0 bridgehead atoms. The number of benzene rings is 1. The maximum Gasteiger partial charge on any atom is 0.0792 e. The SMILES string of the molecule is CCNC(c1ccc2cccnc2c1)C(OCC)C(C)C. The van der Waals surface area contributed by atoms with Crippen molar-refractivity contribution in [1.29, 1.82) is 0 Å². The lowest BCUT2D eigenvalue weighted by atomic mass is 9.92. The van der Waals surface area contributed by atoms with Crippen molar-refractivity contribution < 1.29 is 4.74 Å². The zero-order valence-corrected chi connectivity index (χ0v) is 13.5. The van der Waals surface area contributed by atoms with Crippen molar-refractivity contribution in [2.45, 2.75) is 39.8 Å². The maximum atomic E-state index is 6.00. The summed E-state index contributed by atoms with van der Waals surface area (Å²) >= 11 is 0. The van der Waals surface area contributed by atoms with Crippen LogP contribution in [0.25, 0.3) is 10.9 Å². The molecule has 3 nitrogen and oxygen atoms in total. The molecule has 2 rings (SSSR count). The molecule has 1 aromatic heterocycles. The average Bonchev–Trinajstić information content (AvgIpc) is 2.50. The quantitative estimate of drug-likeness (QED) is 0.837. The van der Waals surface area contributed by atoms with Gasteiger partial charge in [0.1, 0.15) is 0 Å². The van der Waals surface area contributed by atoms with Gasteiger partial charge in [-0.15, -0.1) is 0 Å². The topological polar surface area (TPSA) is 34.2 Å². The van der Waals surface area contributed by atoms with Crippen LogP contribution >= 0.6 is 0 Å². The first-order valence-electron chi connectivity index (χ1n) is 7.87. The number of nitrogens with one attached hydrogen (secondary N) is 1. The van der Waals surface area contributed by atoms with Gasteiger partial charge in [-0.05, 0) is 37.1 Å². The Balaban J connectivity index is 2.38. The van der Waals surface area contributed by atoms with E-state index < -0.39 is 0 Å². The number of likely N-dealkylation sites (N-methyl/N-ethyl adjacent to an activating group) is 1. The van der Waals surface area contributed by atoms with Crippen LogP contribution in [0.4, 0.5) is 0 Å². The number of hydrogen-bond acceptors (Lipinski definition) is 3. The van der Waals surface area contributed by atoms with Gasteiger partial charge < -0.3 is 10.1 Å². The lowest BCUT2D eigenvalue weighted by Gasteiger charge is -2.31. The molecule has 21 heavy (non-hydrogen) atoms. The van der Waals surface area contributed by atoms with Crippen molar-refractivity contribution in [3.63, 3.8) is 0 Å². The number of aromatic nitrogens is 1. The summed E-state index contributed by atoms with van der Waals surface area (Å²) in [6, 6.07) is 10.8. The van der Waals surface area contributed by atoms with Crippen molar-refractivity contribution in [3.05, 3.63) is 42.1 Å². The van der Waals surface area contributed by atoms with E-state index in [-0.39, 0.29) is 12.1 Å². The first-order valence-corrected chi connectivity index (χ1v) is 7.87. The van der Waals surface area contributed by atoms with Gasteiger partial charge in [0.15, 0.2) is 0 Å². The van der Waals surface area contributed by atoms with Crippen molar-refractivity contribution in [1.82, 2.24) is 10.3 Å². The minimum absolute atomic E-state index is 0.163. The molecule has 2 atom stereocenters. The molecule has 0 radical (unpaired) electrons. The van der Waals surface area contributed by atoms with E-state index >= 15 is 0 Å². The van der Waals surface area contributed by atoms with Gasteiger partial charge in [-0.3, -0.25) is 4.98 Å². The molecular formula is C18H26N2O. The molecule has 0 fully saturated rings. The normalized spacial score (nSPS) is 14.5. The van der Waals surface area contributed by atoms with Gasteiger partial charge in [0.05, 0.1) is 17.7 Å². The number of nitrogens with zero attached hydrogens (tertiary/aromatic N) is 1. The van der Waals surface area contributed by atoms with Gasteiger partial charge in [-0.1, -0.05) is 39.0 Å². The van der Waals surface area contributed by atoms with Crippen LogP contribution in [0.3, 0.4) is 0 Å². The zero-order chi connectivity index (χ0) is 15.2. The monoisotopic (exact) mass is 286 g/mol. The van der Waals surface area contributed by atoms with E-state index in [1.807, 2.05) is 12.3 Å². The Morgan fingerprint density at radius 2 is 2.00 bits per heavy atom. The van der Waals surface area contributed by atoms with Crippen molar-refractivity contribution in [3.8, 4) is 0 Å². The minimum atomic E-state index is 0.163. The van der Waals surface area contributed by atoms with Crippen molar-refractivity contribution in [2.75, 3.05) is 13.2 Å². The highest BCUT2D eigenvalue weighted by Gasteiger charge is 2.26. The summed E-state index contributed by atoms with van der Waals surface area (Å²) in [5.74, 6) is 0.452. The molecule has 1 heterocycles. The molecule has 0 aliphatic rings. The summed E-state index contributed by atoms with van der Waals surface area (Å²) in [6.45, 7) is 10.3. The predicted octanol–water partition coefficient (Wildman–Crippen LogP) is 3.95. The molecule has 2 aromatic rings. The first-order chi connectivity index (χ1) is 10.2. The maximum absolute atomic E-state index is 6.00. The Labute approximate surface area is 127 Å². The number of fused-ring (bicyclic) bond motifs is 1. The number of rotatable bonds is 7. The van der Waals surface area contributed by atoms with E-state index in [0.29, 0.717) is 5.92 Å². The molecule has 0 amide bonds. The Morgan fingerprint density at radius 1 is 1.19 bits per heavy atom. The summed E-state index contributed by atoms with van der Waals surface area (Å²) in [7, 11) is 0. The molecule has 2 unspecified atom stereocenters. The molecular weight excluding hydrogens is 260 g/mol. The van der Waals surface area contributed by atoms with Gasteiger partial charge in [0.25, 0.3) is 0 Å². The van der Waals surface area contributed by atoms with E-state index in [9.17, 15) is 0 Å². The molecule has 114 valence electrons. The molecule has 1 aromatic carbocycles. The van der Waals surface area contributed by atoms with Gasteiger partial charge >= 0.3 is 0 Å². The summed E-state index contributed by atoms with van der Waals surface area (Å²) in [6.07, 6.45) is 2.01. The summed E-state index contributed by atoms with van der Waals surface area (Å²) < 4.78 is 6.00. The Morgan fingerprint density at radius 3 is 2.67 bits per heavy atom. The van der Waals surface area contributed by atoms with Crippen LogP contribution in [-0.2, 0) is 4.74 Å². The minimum Gasteiger partial charge on any atom is -0.376 e. The van der Waals surface area contributed by atoms with Gasteiger partial charge in [-0.25, -0.2) is 0 Å². The van der Waals surface area contributed by atoms with E-state index in [1.54, 1.807) is 0 Å². The Kier molecular flexibility index (Phi) is 5.71. The van der Waals surface area contributed by atoms with E-state index in [4.69, 9.17) is 4.74 Å². The summed E-state index contributed by atoms with van der Waals surface area (Å²) in [5, 5.41) is 4.75. The fraction of sp³-hybridized carbons (Fsp3) is 0.500. The Hall–Kier alpha value is -1.45. The predicted molar refractivity (Wildman–Crippen MR) is 88.4 cm³/mol. The second-order valence-electron chi connectivity index (χ2n) is 5.65. The zero-order valence-electron chi connectivity index (χ0n) is 13.5. The second kappa shape index (κ2) is 7.53. The van der Waals surface area contributed by atoms with Gasteiger partial charge in [0.2, 0.25) is 0 Å². The molecule has 3 heteroatoms. The summed E-state index contributed by atoms with van der Waals surface area (Å²) in [5.41, 5.74) is 2.28. The number of hydrogen-bond donors (Lipinski definition) is 1. The standard InChI is InChI=1S/C18H26N2O/c1-5-19-17(18(13(3)4)21-6-2)15-10-9-14-8-7-11-20-16(14)12-15/h7-13,17-19H,5-6H2,1-4H3. The molecule has 1 N–H and O–H groups in total. The van der Waals surface area contributed by atoms with Crippen LogP contribution < -0.4 is 5.32 Å².